The highest BCUT2D eigenvalue weighted by molar-refractivity contribution is 6.31. The fraction of sp³-hybridized carbons (Fsp3) is 0.300. The molecule has 0 saturated heterocycles. The van der Waals surface area contributed by atoms with Crippen molar-refractivity contribution >= 4 is 17.9 Å². The van der Waals surface area contributed by atoms with Gasteiger partial charge in [0.15, 0.2) is 0 Å². The molecule has 2 atom stereocenters. The molecule has 0 spiro atoms. The second-order valence-corrected chi connectivity index (χ2v) is 3.50. The van der Waals surface area contributed by atoms with Gasteiger partial charge in [-0.1, -0.05) is 17.7 Å². The molecule has 0 aliphatic carbocycles. The SMILES string of the molecule is O=Cc1ccc(Cl)c(C(O)C(O)CO)c1. The van der Waals surface area contributed by atoms with Gasteiger partial charge in [-0.3, -0.25) is 4.79 Å². The molecule has 0 aliphatic rings. The zero-order valence-electron chi connectivity index (χ0n) is 7.80. The molecule has 1 rings (SSSR count). The number of hydrogen-bond acceptors (Lipinski definition) is 4. The molecule has 0 aliphatic heterocycles. The highest BCUT2D eigenvalue weighted by Crippen LogP contribution is 2.26. The van der Waals surface area contributed by atoms with Gasteiger partial charge in [0, 0.05) is 16.1 Å². The first-order valence-corrected chi connectivity index (χ1v) is 4.69. The summed E-state index contributed by atoms with van der Waals surface area (Å²) in [5, 5.41) is 27.7. The molecule has 0 heterocycles. The second kappa shape index (κ2) is 5.23. The Kier molecular flexibility index (Phi) is 4.23. The van der Waals surface area contributed by atoms with Crippen molar-refractivity contribution in [3.05, 3.63) is 34.3 Å². The zero-order valence-corrected chi connectivity index (χ0v) is 8.55. The number of carbonyl (C=O) groups is 1. The van der Waals surface area contributed by atoms with Crippen LogP contribution in [0.2, 0.25) is 5.02 Å². The Bertz CT molecular complexity index is 353. The van der Waals surface area contributed by atoms with Gasteiger partial charge in [0.25, 0.3) is 0 Å². The van der Waals surface area contributed by atoms with E-state index >= 15 is 0 Å². The van der Waals surface area contributed by atoms with Gasteiger partial charge in [0.1, 0.15) is 18.5 Å². The molecule has 2 unspecified atom stereocenters. The first-order valence-electron chi connectivity index (χ1n) is 4.31. The van der Waals surface area contributed by atoms with E-state index in [1.54, 1.807) is 0 Å². The van der Waals surface area contributed by atoms with Crippen LogP contribution in [-0.2, 0) is 0 Å². The van der Waals surface area contributed by atoms with Crippen LogP contribution in [0.15, 0.2) is 18.2 Å². The van der Waals surface area contributed by atoms with Crippen LogP contribution < -0.4 is 0 Å². The fourth-order valence-electron chi connectivity index (χ4n) is 1.17. The first kappa shape index (κ1) is 12.1. The molecular weight excluding hydrogens is 220 g/mol. The Morgan fingerprint density at radius 1 is 1.40 bits per heavy atom. The average molecular weight is 231 g/mol. The summed E-state index contributed by atoms with van der Waals surface area (Å²) in [5.74, 6) is 0. The molecule has 0 radical (unpaired) electrons. The third-order valence-corrected chi connectivity index (χ3v) is 2.37. The highest BCUT2D eigenvalue weighted by Gasteiger charge is 2.20. The molecule has 3 N–H and O–H groups in total. The van der Waals surface area contributed by atoms with Crippen LogP contribution in [0.5, 0.6) is 0 Å². The molecule has 1 aromatic rings. The molecule has 5 heteroatoms. The number of aldehydes is 1. The minimum absolute atomic E-state index is 0.225. The molecule has 0 saturated carbocycles. The second-order valence-electron chi connectivity index (χ2n) is 3.09. The average Bonchev–Trinajstić information content (AvgIpc) is 2.27. The lowest BCUT2D eigenvalue weighted by molar-refractivity contribution is -0.0152. The molecule has 1 aromatic carbocycles. The molecule has 4 nitrogen and oxygen atoms in total. The first-order chi connectivity index (χ1) is 7.10. The Morgan fingerprint density at radius 2 is 2.07 bits per heavy atom. The summed E-state index contributed by atoms with van der Waals surface area (Å²) < 4.78 is 0. The van der Waals surface area contributed by atoms with Crippen molar-refractivity contribution in [1.29, 1.82) is 0 Å². The molecule has 82 valence electrons. The van der Waals surface area contributed by atoms with Crippen LogP contribution >= 0.6 is 11.6 Å². The van der Waals surface area contributed by atoms with E-state index in [1.807, 2.05) is 0 Å². The topological polar surface area (TPSA) is 77.8 Å². The highest BCUT2D eigenvalue weighted by atomic mass is 35.5. The van der Waals surface area contributed by atoms with Gasteiger partial charge in [-0.2, -0.15) is 0 Å². The van der Waals surface area contributed by atoms with Gasteiger partial charge < -0.3 is 15.3 Å². The largest absolute Gasteiger partial charge is 0.394 e. The fourth-order valence-corrected chi connectivity index (χ4v) is 1.40. The number of carbonyl (C=O) groups excluding carboxylic acids is 1. The Hall–Kier alpha value is -0.940. The number of aliphatic hydroxyl groups excluding tert-OH is 3. The van der Waals surface area contributed by atoms with Crippen LogP contribution in [0.25, 0.3) is 0 Å². The summed E-state index contributed by atoms with van der Waals surface area (Å²) in [5.41, 5.74) is 0.571. The molecule has 0 fully saturated rings. The third-order valence-electron chi connectivity index (χ3n) is 2.03. The standard InChI is InChI=1S/C10H11ClO4/c11-8-2-1-6(4-12)3-7(8)10(15)9(14)5-13/h1-4,9-10,13-15H,5H2. The van der Waals surface area contributed by atoms with Gasteiger partial charge in [-0.25, -0.2) is 0 Å². The minimum Gasteiger partial charge on any atom is -0.394 e. The van der Waals surface area contributed by atoms with E-state index in [0.29, 0.717) is 11.8 Å². The lowest BCUT2D eigenvalue weighted by atomic mass is 10.0. The predicted molar refractivity (Wildman–Crippen MR) is 54.9 cm³/mol. The van der Waals surface area contributed by atoms with E-state index in [4.69, 9.17) is 16.7 Å². The smallest absolute Gasteiger partial charge is 0.150 e. The Balaban J connectivity index is 3.06. The molecular formula is C10H11ClO4. The minimum atomic E-state index is -1.32. The summed E-state index contributed by atoms with van der Waals surface area (Å²) in [6.07, 6.45) is -2.01. The number of halogens is 1. The monoisotopic (exact) mass is 230 g/mol. The van der Waals surface area contributed by atoms with Crippen molar-refractivity contribution in [2.24, 2.45) is 0 Å². The predicted octanol–water partition coefficient (Wildman–Crippen LogP) is 0.539. The molecule has 0 aromatic heterocycles. The number of aliphatic hydroxyl groups is 3. The van der Waals surface area contributed by atoms with Gasteiger partial charge >= 0.3 is 0 Å². The number of rotatable bonds is 4. The summed E-state index contributed by atoms with van der Waals surface area (Å²) in [4.78, 5) is 10.5. The van der Waals surface area contributed by atoms with Crippen molar-refractivity contribution in [3.8, 4) is 0 Å². The summed E-state index contributed by atoms with van der Waals surface area (Å²) in [6, 6.07) is 4.32. The quantitative estimate of drug-likeness (QED) is 0.660. The van der Waals surface area contributed by atoms with Crippen molar-refractivity contribution < 1.29 is 20.1 Å². The van der Waals surface area contributed by atoms with E-state index < -0.39 is 18.8 Å². The van der Waals surface area contributed by atoms with Crippen molar-refractivity contribution in [2.45, 2.75) is 12.2 Å². The van der Waals surface area contributed by atoms with E-state index in [1.165, 1.54) is 18.2 Å². The third kappa shape index (κ3) is 2.76. The lowest BCUT2D eigenvalue weighted by Gasteiger charge is -2.17. The van der Waals surface area contributed by atoms with Crippen LogP contribution in [0.1, 0.15) is 22.0 Å². The van der Waals surface area contributed by atoms with Crippen LogP contribution in [0, 0.1) is 0 Å². The Morgan fingerprint density at radius 3 is 2.60 bits per heavy atom. The number of benzene rings is 1. The number of hydrogen-bond donors (Lipinski definition) is 3. The normalized spacial score (nSPS) is 14.7. The lowest BCUT2D eigenvalue weighted by Crippen LogP contribution is -2.22. The van der Waals surface area contributed by atoms with Crippen LogP contribution in [0.3, 0.4) is 0 Å². The maximum atomic E-state index is 10.5. The zero-order chi connectivity index (χ0) is 11.4. The van der Waals surface area contributed by atoms with E-state index in [0.717, 1.165) is 0 Å². The maximum absolute atomic E-state index is 10.5. The van der Waals surface area contributed by atoms with Crippen LogP contribution in [0.4, 0.5) is 0 Å². The summed E-state index contributed by atoms with van der Waals surface area (Å²) >= 11 is 5.78. The summed E-state index contributed by atoms with van der Waals surface area (Å²) in [6.45, 7) is -0.581. The van der Waals surface area contributed by atoms with E-state index in [-0.39, 0.29) is 10.6 Å². The van der Waals surface area contributed by atoms with Gasteiger partial charge in [0.2, 0.25) is 0 Å². The van der Waals surface area contributed by atoms with Gasteiger partial charge in [-0.05, 0) is 12.1 Å². The van der Waals surface area contributed by atoms with Gasteiger partial charge in [-0.15, -0.1) is 0 Å². The maximum Gasteiger partial charge on any atom is 0.150 e. The van der Waals surface area contributed by atoms with E-state index in [9.17, 15) is 15.0 Å². The Labute approximate surface area is 91.7 Å². The summed E-state index contributed by atoms with van der Waals surface area (Å²) in [7, 11) is 0. The van der Waals surface area contributed by atoms with E-state index in [2.05, 4.69) is 0 Å². The van der Waals surface area contributed by atoms with Crippen molar-refractivity contribution in [3.63, 3.8) is 0 Å². The van der Waals surface area contributed by atoms with Crippen molar-refractivity contribution in [1.82, 2.24) is 0 Å². The van der Waals surface area contributed by atoms with Crippen LogP contribution in [-0.4, -0.2) is 34.3 Å². The molecule has 0 amide bonds. The van der Waals surface area contributed by atoms with Gasteiger partial charge in [0.05, 0.1) is 6.61 Å². The van der Waals surface area contributed by atoms with Crippen molar-refractivity contribution in [2.75, 3.05) is 6.61 Å². The molecule has 0 bridgehead atoms. The molecule has 15 heavy (non-hydrogen) atoms.